The fourth-order valence-corrected chi connectivity index (χ4v) is 2.04. The van der Waals surface area contributed by atoms with Crippen molar-refractivity contribution in [3.8, 4) is 0 Å². The molecule has 2 heterocycles. The first-order chi connectivity index (χ1) is 8.75. The summed E-state index contributed by atoms with van der Waals surface area (Å²) < 4.78 is 0. The Balaban J connectivity index is 2.10. The van der Waals surface area contributed by atoms with Crippen molar-refractivity contribution in [3.05, 3.63) is 69.5 Å². The maximum atomic E-state index is 10.8. The molecule has 88 valence electrons. The van der Waals surface area contributed by atoms with E-state index >= 15 is 0 Å². The van der Waals surface area contributed by atoms with Gasteiger partial charge in [0.15, 0.2) is 0 Å². The Morgan fingerprint density at radius 3 is 2.67 bits per heavy atom. The highest BCUT2D eigenvalue weighted by Gasteiger charge is 2.20. The summed E-state index contributed by atoms with van der Waals surface area (Å²) in [4.78, 5) is 18.8. The Hall–Kier alpha value is -2.56. The summed E-state index contributed by atoms with van der Waals surface area (Å²) in [5.41, 5.74) is 3.69. The molecule has 0 unspecified atom stereocenters. The van der Waals surface area contributed by atoms with Crippen molar-refractivity contribution >= 4 is 11.4 Å². The highest BCUT2D eigenvalue weighted by atomic mass is 16.6. The van der Waals surface area contributed by atoms with Crippen molar-refractivity contribution in [2.45, 2.75) is 6.54 Å². The molecule has 0 spiro atoms. The molecule has 0 N–H and O–H groups in total. The average Bonchev–Trinajstić information content (AvgIpc) is 2.82. The van der Waals surface area contributed by atoms with Gasteiger partial charge >= 0.3 is 0 Å². The van der Waals surface area contributed by atoms with E-state index in [1.807, 2.05) is 12.1 Å². The minimum atomic E-state index is -0.386. The third kappa shape index (κ3) is 1.66. The highest BCUT2D eigenvalue weighted by Crippen LogP contribution is 2.26. The number of nitro benzene ring substituents is 1. The number of rotatable bonds is 2. The van der Waals surface area contributed by atoms with E-state index in [4.69, 9.17) is 0 Å². The number of nitrogens with zero attached hydrogens (tertiary/aromatic N) is 3. The summed E-state index contributed by atoms with van der Waals surface area (Å²) in [7, 11) is 0. The maximum Gasteiger partial charge on any atom is 0.270 e. The molecule has 18 heavy (non-hydrogen) atoms. The second-order valence-corrected chi connectivity index (χ2v) is 4.00. The van der Waals surface area contributed by atoms with Crippen LogP contribution < -0.4 is 0 Å². The van der Waals surface area contributed by atoms with Crippen molar-refractivity contribution in [1.82, 2.24) is 4.98 Å². The minimum Gasteiger partial charge on any atom is -0.279 e. The van der Waals surface area contributed by atoms with Gasteiger partial charge in [0.05, 0.1) is 17.2 Å². The number of nitro groups is 1. The fraction of sp³-hybridized carbons (Fsp3) is 0.0769. The van der Waals surface area contributed by atoms with Crippen LogP contribution >= 0.6 is 0 Å². The van der Waals surface area contributed by atoms with Gasteiger partial charge in [-0.25, -0.2) is 0 Å². The monoisotopic (exact) mass is 239 g/mol. The SMILES string of the molecule is O=[N+]([O-])c1ccc2c(c1)C(c1ccncc1)=NC2. The molecular formula is C13H9N3O2. The zero-order valence-electron chi connectivity index (χ0n) is 9.41. The third-order valence-electron chi connectivity index (χ3n) is 2.92. The van der Waals surface area contributed by atoms with E-state index in [1.165, 1.54) is 6.07 Å². The van der Waals surface area contributed by atoms with Crippen LogP contribution in [0.1, 0.15) is 16.7 Å². The van der Waals surface area contributed by atoms with Crippen LogP contribution in [0.2, 0.25) is 0 Å². The molecule has 0 saturated carbocycles. The van der Waals surface area contributed by atoms with Gasteiger partial charge in [0.1, 0.15) is 0 Å². The largest absolute Gasteiger partial charge is 0.279 e. The Bertz CT molecular complexity index is 651. The van der Waals surface area contributed by atoms with Crippen molar-refractivity contribution in [2.75, 3.05) is 0 Å². The van der Waals surface area contributed by atoms with Crippen molar-refractivity contribution in [1.29, 1.82) is 0 Å². The van der Waals surface area contributed by atoms with Gasteiger partial charge in [0, 0.05) is 35.7 Å². The molecular weight excluding hydrogens is 230 g/mol. The van der Waals surface area contributed by atoms with Gasteiger partial charge in [-0.15, -0.1) is 0 Å². The molecule has 3 rings (SSSR count). The molecule has 1 aliphatic heterocycles. The molecule has 5 nitrogen and oxygen atoms in total. The minimum absolute atomic E-state index is 0.0948. The van der Waals surface area contributed by atoms with E-state index in [2.05, 4.69) is 9.98 Å². The smallest absolute Gasteiger partial charge is 0.270 e. The van der Waals surface area contributed by atoms with Crippen LogP contribution in [0, 0.1) is 10.1 Å². The van der Waals surface area contributed by atoms with Crippen LogP contribution in [-0.2, 0) is 6.54 Å². The zero-order chi connectivity index (χ0) is 12.5. The molecule has 0 saturated heterocycles. The summed E-state index contributed by atoms with van der Waals surface area (Å²) in [5.74, 6) is 0. The Kier molecular flexibility index (Phi) is 2.37. The normalized spacial score (nSPS) is 13.0. The molecule has 0 bridgehead atoms. The van der Waals surface area contributed by atoms with Crippen LogP contribution in [0.3, 0.4) is 0 Å². The predicted octanol–water partition coefficient (Wildman–Crippen LogP) is 2.34. The van der Waals surface area contributed by atoms with Crippen LogP contribution in [0.4, 0.5) is 5.69 Å². The van der Waals surface area contributed by atoms with Crippen molar-refractivity contribution in [2.24, 2.45) is 4.99 Å². The van der Waals surface area contributed by atoms with E-state index < -0.39 is 0 Å². The fourth-order valence-electron chi connectivity index (χ4n) is 2.04. The topological polar surface area (TPSA) is 68.4 Å². The van der Waals surface area contributed by atoms with Gasteiger partial charge < -0.3 is 0 Å². The Labute approximate surface area is 103 Å². The molecule has 5 heteroatoms. The zero-order valence-corrected chi connectivity index (χ0v) is 9.41. The maximum absolute atomic E-state index is 10.8. The molecule has 0 fully saturated rings. The molecule has 1 aliphatic rings. The van der Waals surface area contributed by atoms with Crippen LogP contribution in [0.25, 0.3) is 0 Å². The Morgan fingerprint density at radius 1 is 1.17 bits per heavy atom. The van der Waals surface area contributed by atoms with Crippen molar-refractivity contribution < 1.29 is 4.92 Å². The van der Waals surface area contributed by atoms with E-state index in [9.17, 15) is 10.1 Å². The molecule has 0 radical (unpaired) electrons. The molecule has 1 aromatic heterocycles. The summed E-state index contributed by atoms with van der Waals surface area (Å²) in [5, 5.41) is 10.8. The lowest BCUT2D eigenvalue weighted by molar-refractivity contribution is -0.384. The first-order valence-electron chi connectivity index (χ1n) is 5.48. The summed E-state index contributed by atoms with van der Waals surface area (Å²) in [6, 6.07) is 8.58. The summed E-state index contributed by atoms with van der Waals surface area (Å²) >= 11 is 0. The van der Waals surface area contributed by atoms with Crippen molar-refractivity contribution in [3.63, 3.8) is 0 Å². The standard InChI is InChI=1S/C13H9N3O2/c17-16(18)11-2-1-10-8-15-13(12(10)7-11)9-3-5-14-6-4-9/h1-7H,8H2. The van der Waals surface area contributed by atoms with Crippen LogP contribution in [-0.4, -0.2) is 15.6 Å². The number of hydrogen-bond donors (Lipinski definition) is 0. The van der Waals surface area contributed by atoms with E-state index in [1.54, 1.807) is 24.5 Å². The molecule has 1 aromatic carbocycles. The Morgan fingerprint density at radius 2 is 1.94 bits per heavy atom. The average molecular weight is 239 g/mol. The first-order valence-corrected chi connectivity index (χ1v) is 5.48. The summed E-state index contributed by atoms with van der Waals surface area (Å²) in [6.07, 6.45) is 3.38. The third-order valence-corrected chi connectivity index (χ3v) is 2.92. The molecule has 0 atom stereocenters. The summed E-state index contributed by atoms with van der Waals surface area (Å²) in [6.45, 7) is 0.574. The lowest BCUT2D eigenvalue weighted by atomic mass is 10.0. The number of non-ortho nitro benzene ring substituents is 1. The number of aromatic nitrogens is 1. The van der Waals surface area contributed by atoms with Crippen LogP contribution in [0.5, 0.6) is 0 Å². The predicted molar refractivity (Wildman–Crippen MR) is 66.7 cm³/mol. The number of benzene rings is 1. The van der Waals surface area contributed by atoms with Gasteiger partial charge in [-0.05, 0) is 23.8 Å². The first kappa shape index (κ1) is 10.6. The van der Waals surface area contributed by atoms with Gasteiger partial charge in [-0.1, -0.05) is 0 Å². The second kappa shape index (κ2) is 4.03. The number of hydrogen-bond acceptors (Lipinski definition) is 4. The van der Waals surface area contributed by atoms with Gasteiger partial charge in [-0.3, -0.25) is 20.1 Å². The molecule has 0 amide bonds. The van der Waals surface area contributed by atoms with Crippen LogP contribution in [0.15, 0.2) is 47.7 Å². The van der Waals surface area contributed by atoms with Gasteiger partial charge in [-0.2, -0.15) is 0 Å². The lowest BCUT2D eigenvalue weighted by Gasteiger charge is -2.03. The van der Waals surface area contributed by atoms with Gasteiger partial charge in [0.2, 0.25) is 0 Å². The lowest BCUT2D eigenvalue weighted by Crippen LogP contribution is -2.01. The van der Waals surface area contributed by atoms with E-state index in [-0.39, 0.29) is 10.6 Å². The quantitative estimate of drug-likeness (QED) is 0.596. The number of fused-ring (bicyclic) bond motifs is 1. The molecule has 0 aliphatic carbocycles. The van der Waals surface area contributed by atoms with Gasteiger partial charge in [0.25, 0.3) is 5.69 Å². The van der Waals surface area contributed by atoms with E-state index in [0.717, 1.165) is 22.4 Å². The number of pyridine rings is 1. The molecule has 2 aromatic rings. The number of aliphatic imine (C=N–C) groups is 1. The highest BCUT2D eigenvalue weighted by molar-refractivity contribution is 6.15. The van der Waals surface area contributed by atoms with E-state index in [0.29, 0.717) is 6.54 Å². The second-order valence-electron chi connectivity index (χ2n) is 4.00.